The van der Waals surface area contributed by atoms with Gasteiger partial charge in [0.2, 0.25) is 0 Å². The molecule has 1 aromatic heterocycles. The normalized spacial score (nSPS) is 21.2. The van der Waals surface area contributed by atoms with Crippen LogP contribution in [0.5, 0.6) is 0 Å². The van der Waals surface area contributed by atoms with Gasteiger partial charge in [0, 0.05) is 18.0 Å². The molecule has 1 aliphatic rings. The Kier molecular flexibility index (Phi) is 1.84. The Balaban J connectivity index is 2.50. The Labute approximate surface area is 75.9 Å². The second kappa shape index (κ2) is 2.88. The molecule has 0 aromatic carbocycles. The van der Waals surface area contributed by atoms with Gasteiger partial charge in [0.05, 0.1) is 5.56 Å². The van der Waals surface area contributed by atoms with Crippen LogP contribution in [0.4, 0.5) is 0 Å². The van der Waals surface area contributed by atoms with E-state index < -0.39 is 5.91 Å². The fraction of sp³-hybridized carbons (Fsp3) is 0.444. The van der Waals surface area contributed by atoms with E-state index in [0.717, 1.165) is 30.6 Å². The summed E-state index contributed by atoms with van der Waals surface area (Å²) in [5, 5.41) is 0. The molecule has 1 aromatic rings. The average molecular weight is 180 g/mol. The van der Waals surface area contributed by atoms with Crippen molar-refractivity contribution in [2.75, 3.05) is 0 Å². The van der Waals surface area contributed by atoms with Crippen molar-refractivity contribution in [2.24, 2.45) is 11.5 Å². The van der Waals surface area contributed by atoms with Gasteiger partial charge in [-0.15, -0.1) is 0 Å². The quantitative estimate of drug-likeness (QED) is 0.667. The summed E-state index contributed by atoms with van der Waals surface area (Å²) in [5.74, 6) is 0.370. The number of carbonyl (C=O) groups excluding carboxylic acids is 1. The van der Waals surface area contributed by atoms with E-state index in [1.807, 2.05) is 0 Å². The largest absolute Gasteiger partial charge is 0.468 e. The van der Waals surface area contributed by atoms with Crippen LogP contribution in [0.25, 0.3) is 0 Å². The fourth-order valence-corrected chi connectivity index (χ4v) is 1.83. The molecule has 0 saturated heterocycles. The predicted octanol–water partition coefficient (Wildman–Crippen LogP) is 0.715. The van der Waals surface area contributed by atoms with Crippen LogP contribution in [0.2, 0.25) is 0 Å². The summed E-state index contributed by atoms with van der Waals surface area (Å²) in [6.07, 6.45) is 4.18. The van der Waals surface area contributed by atoms with Crippen LogP contribution < -0.4 is 11.5 Å². The third-order valence-corrected chi connectivity index (χ3v) is 2.46. The maximum atomic E-state index is 11.0. The van der Waals surface area contributed by atoms with E-state index in [2.05, 4.69) is 0 Å². The van der Waals surface area contributed by atoms with Gasteiger partial charge in [-0.1, -0.05) is 0 Å². The van der Waals surface area contributed by atoms with E-state index in [0.29, 0.717) is 5.56 Å². The Morgan fingerprint density at radius 3 is 3.08 bits per heavy atom. The van der Waals surface area contributed by atoms with Crippen molar-refractivity contribution in [1.29, 1.82) is 0 Å². The van der Waals surface area contributed by atoms with Gasteiger partial charge >= 0.3 is 0 Å². The summed E-state index contributed by atoms with van der Waals surface area (Å²) in [7, 11) is 0. The van der Waals surface area contributed by atoms with Crippen molar-refractivity contribution < 1.29 is 9.21 Å². The maximum absolute atomic E-state index is 11.0. The summed E-state index contributed by atoms with van der Waals surface area (Å²) < 4.78 is 5.24. The minimum absolute atomic E-state index is 0.0926. The highest BCUT2D eigenvalue weighted by molar-refractivity contribution is 5.94. The van der Waals surface area contributed by atoms with E-state index in [4.69, 9.17) is 15.9 Å². The van der Waals surface area contributed by atoms with Crippen molar-refractivity contribution in [3.05, 3.63) is 23.2 Å². The zero-order valence-corrected chi connectivity index (χ0v) is 7.25. The molecule has 4 nitrogen and oxygen atoms in total. The summed E-state index contributed by atoms with van der Waals surface area (Å²) in [6.45, 7) is 0. The van der Waals surface area contributed by atoms with Crippen molar-refractivity contribution in [2.45, 2.75) is 25.3 Å². The molecule has 13 heavy (non-hydrogen) atoms. The number of hydrogen-bond acceptors (Lipinski definition) is 3. The topological polar surface area (TPSA) is 82.2 Å². The number of furan rings is 1. The summed E-state index contributed by atoms with van der Waals surface area (Å²) in [5.41, 5.74) is 12.3. The number of primary amides is 1. The number of amides is 1. The lowest BCUT2D eigenvalue weighted by Gasteiger charge is -2.17. The van der Waals surface area contributed by atoms with E-state index in [1.165, 1.54) is 6.26 Å². The molecule has 1 unspecified atom stereocenters. The molecule has 0 saturated carbocycles. The van der Waals surface area contributed by atoms with Crippen LogP contribution in [0.1, 0.15) is 40.6 Å². The van der Waals surface area contributed by atoms with Crippen LogP contribution in [0.3, 0.4) is 0 Å². The lowest BCUT2D eigenvalue weighted by atomic mass is 9.91. The molecule has 1 heterocycles. The number of fused-ring (bicyclic) bond motifs is 1. The Hall–Kier alpha value is -1.29. The van der Waals surface area contributed by atoms with E-state index >= 15 is 0 Å². The van der Waals surface area contributed by atoms with Gasteiger partial charge in [0.25, 0.3) is 5.91 Å². The van der Waals surface area contributed by atoms with E-state index in [1.54, 1.807) is 0 Å². The first-order chi connectivity index (χ1) is 6.20. The van der Waals surface area contributed by atoms with Gasteiger partial charge in [0.1, 0.15) is 12.0 Å². The highest BCUT2D eigenvalue weighted by Gasteiger charge is 2.25. The highest BCUT2D eigenvalue weighted by atomic mass is 16.3. The van der Waals surface area contributed by atoms with E-state index in [9.17, 15) is 4.79 Å². The standard InChI is InChI=1S/C9H12N2O2/c10-6-2-1-3-7-8(6)5(4-13-7)9(11)12/h4,6H,1-3,10H2,(H2,11,12). The van der Waals surface area contributed by atoms with Gasteiger partial charge < -0.3 is 15.9 Å². The number of aryl methyl sites for hydroxylation is 1. The van der Waals surface area contributed by atoms with Crippen molar-refractivity contribution >= 4 is 5.91 Å². The lowest BCUT2D eigenvalue weighted by molar-refractivity contribution is 0.0998. The molecule has 0 fully saturated rings. The van der Waals surface area contributed by atoms with Gasteiger partial charge in [-0.2, -0.15) is 0 Å². The van der Waals surface area contributed by atoms with Crippen LogP contribution in [-0.4, -0.2) is 5.91 Å². The molecular weight excluding hydrogens is 168 g/mol. The van der Waals surface area contributed by atoms with Crippen molar-refractivity contribution in [1.82, 2.24) is 0 Å². The van der Waals surface area contributed by atoms with Gasteiger partial charge in [-0.3, -0.25) is 4.79 Å². The van der Waals surface area contributed by atoms with Crippen LogP contribution in [0, 0.1) is 0 Å². The van der Waals surface area contributed by atoms with Crippen molar-refractivity contribution in [3.8, 4) is 0 Å². The second-order valence-corrected chi connectivity index (χ2v) is 3.35. The molecule has 4 N–H and O–H groups in total. The maximum Gasteiger partial charge on any atom is 0.252 e. The molecule has 0 radical (unpaired) electrons. The number of nitrogens with two attached hydrogens (primary N) is 2. The molecule has 2 rings (SSSR count). The molecule has 0 bridgehead atoms. The SMILES string of the molecule is NC(=O)c1coc2c1C(N)CCC2. The Morgan fingerprint density at radius 1 is 1.62 bits per heavy atom. The van der Waals surface area contributed by atoms with Crippen LogP contribution in [-0.2, 0) is 6.42 Å². The smallest absolute Gasteiger partial charge is 0.252 e. The zero-order valence-electron chi connectivity index (χ0n) is 7.25. The summed E-state index contributed by atoms with van der Waals surface area (Å²) in [4.78, 5) is 11.0. The monoisotopic (exact) mass is 180 g/mol. The molecule has 4 heteroatoms. The molecule has 70 valence electrons. The molecule has 1 amide bonds. The third kappa shape index (κ3) is 1.23. The molecule has 1 aliphatic carbocycles. The first kappa shape index (κ1) is 8.31. The third-order valence-electron chi connectivity index (χ3n) is 2.46. The average Bonchev–Trinajstić information content (AvgIpc) is 2.49. The Bertz CT molecular complexity index is 343. The minimum atomic E-state index is -0.456. The first-order valence-electron chi connectivity index (χ1n) is 4.36. The van der Waals surface area contributed by atoms with Gasteiger partial charge in [-0.05, 0) is 12.8 Å². The number of carbonyl (C=O) groups is 1. The highest BCUT2D eigenvalue weighted by Crippen LogP contribution is 2.31. The number of rotatable bonds is 1. The number of hydrogen-bond donors (Lipinski definition) is 2. The van der Waals surface area contributed by atoms with Gasteiger partial charge in [0.15, 0.2) is 0 Å². The summed E-state index contributed by atoms with van der Waals surface area (Å²) >= 11 is 0. The summed E-state index contributed by atoms with van der Waals surface area (Å²) in [6, 6.07) is -0.0926. The molecule has 0 aliphatic heterocycles. The van der Waals surface area contributed by atoms with Crippen molar-refractivity contribution in [3.63, 3.8) is 0 Å². The lowest BCUT2D eigenvalue weighted by Crippen LogP contribution is -2.21. The van der Waals surface area contributed by atoms with Crippen LogP contribution in [0.15, 0.2) is 10.7 Å². The minimum Gasteiger partial charge on any atom is -0.468 e. The molecular formula is C9H12N2O2. The predicted molar refractivity (Wildman–Crippen MR) is 47.1 cm³/mol. The second-order valence-electron chi connectivity index (χ2n) is 3.35. The van der Waals surface area contributed by atoms with Gasteiger partial charge in [-0.25, -0.2) is 0 Å². The van der Waals surface area contributed by atoms with E-state index in [-0.39, 0.29) is 6.04 Å². The zero-order chi connectivity index (χ0) is 9.42. The Morgan fingerprint density at radius 2 is 2.38 bits per heavy atom. The van der Waals surface area contributed by atoms with Crippen LogP contribution >= 0.6 is 0 Å². The molecule has 0 spiro atoms. The fourth-order valence-electron chi connectivity index (χ4n) is 1.83. The molecule has 1 atom stereocenters. The first-order valence-corrected chi connectivity index (χ1v) is 4.36.